The van der Waals surface area contributed by atoms with Crippen LogP contribution in [-0.2, 0) is 6.54 Å². The summed E-state index contributed by atoms with van der Waals surface area (Å²) in [6.07, 6.45) is 5.72. The molecule has 202 valence electrons. The van der Waals surface area contributed by atoms with Crippen molar-refractivity contribution in [2.45, 2.75) is 19.4 Å². The molecule has 0 bridgehead atoms. The molecule has 9 nitrogen and oxygen atoms in total. The maximum Gasteiger partial charge on any atom is 0.267 e. The van der Waals surface area contributed by atoms with Gasteiger partial charge < -0.3 is 15.1 Å². The Labute approximate surface area is 233 Å². The molecule has 5 rings (SSSR count). The average molecular weight is 547 g/mol. The zero-order chi connectivity index (χ0) is 25.6. The second-order valence-electron chi connectivity index (χ2n) is 9.37. The van der Waals surface area contributed by atoms with Gasteiger partial charge in [0.15, 0.2) is 11.6 Å². The third kappa shape index (κ3) is 7.27. The number of ether oxygens (including phenoxy) is 1. The Morgan fingerprint density at radius 3 is 2.51 bits per heavy atom. The van der Waals surface area contributed by atoms with Crippen LogP contribution in [0.3, 0.4) is 0 Å². The van der Waals surface area contributed by atoms with E-state index < -0.39 is 0 Å². The van der Waals surface area contributed by atoms with Crippen molar-refractivity contribution in [3.05, 3.63) is 94.5 Å². The molecule has 3 heterocycles. The molecule has 10 heteroatoms. The van der Waals surface area contributed by atoms with Crippen LogP contribution in [0, 0.1) is 17.2 Å². The zero-order valence-electron chi connectivity index (χ0n) is 21.7. The van der Waals surface area contributed by atoms with Gasteiger partial charge in [0.25, 0.3) is 5.56 Å². The molecule has 39 heavy (non-hydrogen) atoms. The van der Waals surface area contributed by atoms with Crippen molar-refractivity contribution in [1.29, 1.82) is 5.26 Å². The maximum absolute atomic E-state index is 12.5. The Kier molecular flexibility index (Phi) is 10.3. The molecular weight excluding hydrogens is 516 g/mol. The molecule has 1 saturated heterocycles. The molecule has 0 atom stereocenters. The fourth-order valence-electron chi connectivity index (χ4n) is 4.47. The number of hydrogen-bond donors (Lipinski definition) is 0. The summed E-state index contributed by atoms with van der Waals surface area (Å²) in [7, 11) is 2.15. The minimum Gasteiger partial charge on any atom is -0.490 e. The smallest absolute Gasteiger partial charge is 0.267 e. The molecule has 0 amide bonds. The first kappa shape index (κ1) is 29.5. The highest BCUT2D eigenvalue weighted by Gasteiger charge is 2.17. The van der Waals surface area contributed by atoms with E-state index in [0.29, 0.717) is 40.9 Å². The van der Waals surface area contributed by atoms with Gasteiger partial charge in [0.05, 0.1) is 42.9 Å². The van der Waals surface area contributed by atoms with Gasteiger partial charge in [-0.3, -0.25) is 4.79 Å². The summed E-state index contributed by atoms with van der Waals surface area (Å²) in [6.45, 7) is 3.19. The van der Waals surface area contributed by atoms with Gasteiger partial charge in [-0.2, -0.15) is 10.4 Å². The number of hydrogen-bond acceptors (Lipinski definition) is 7. The molecule has 2 N–H and O–H groups in total. The molecular formula is C29H31ClN6O3. The average Bonchev–Trinajstić information content (AvgIpc) is 2.94. The lowest BCUT2D eigenvalue weighted by Gasteiger charge is -2.28. The van der Waals surface area contributed by atoms with E-state index >= 15 is 0 Å². The van der Waals surface area contributed by atoms with Crippen molar-refractivity contribution < 1.29 is 10.2 Å². The van der Waals surface area contributed by atoms with E-state index in [1.165, 1.54) is 10.7 Å². The SMILES string of the molecule is CN1CCC(COc2cnc(-c3cccc(Cn4nc(-c5ccccc5C#N)ccc4=O)c3)nc2)CC1.Cl.O. The molecule has 0 saturated carbocycles. The van der Waals surface area contributed by atoms with Crippen LogP contribution in [0.2, 0.25) is 0 Å². The van der Waals surface area contributed by atoms with Crippen molar-refractivity contribution in [3.63, 3.8) is 0 Å². The maximum atomic E-state index is 12.5. The van der Waals surface area contributed by atoms with E-state index in [4.69, 9.17) is 4.74 Å². The van der Waals surface area contributed by atoms with E-state index in [1.54, 1.807) is 30.6 Å². The molecule has 0 aliphatic carbocycles. The van der Waals surface area contributed by atoms with Gasteiger partial charge in [-0.15, -0.1) is 12.4 Å². The fraction of sp³-hybridized carbons (Fsp3) is 0.276. The number of nitrogens with zero attached hydrogens (tertiary/aromatic N) is 6. The molecule has 0 spiro atoms. The Balaban J connectivity index is 0.00000210. The molecule has 1 aliphatic heterocycles. The summed E-state index contributed by atoms with van der Waals surface area (Å²) in [5, 5.41) is 14.0. The molecule has 1 fully saturated rings. The highest BCUT2D eigenvalue weighted by molar-refractivity contribution is 5.85. The van der Waals surface area contributed by atoms with Crippen LogP contribution in [0.25, 0.3) is 22.6 Å². The van der Waals surface area contributed by atoms with Crippen LogP contribution >= 0.6 is 12.4 Å². The third-order valence-corrected chi connectivity index (χ3v) is 6.66. The van der Waals surface area contributed by atoms with Gasteiger partial charge in [0.1, 0.15) is 0 Å². The first-order valence-electron chi connectivity index (χ1n) is 12.4. The van der Waals surface area contributed by atoms with Gasteiger partial charge >= 0.3 is 0 Å². The normalized spacial score (nSPS) is 13.5. The molecule has 1 aliphatic rings. The minimum atomic E-state index is -0.217. The summed E-state index contributed by atoms with van der Waals surface area (Å²) in [5.74, 6) is 1.83. The summed E-state index contributed by atoms with van der Waals surface area (Å²) in [4.78, 5) is 23.9. The number of halogens is 1. The van der Waals surface area contributed by atoms with Crippen molar-refractivity contribution in [2.24, 2.45) is 5.92 Å². The summed E-state index contributed by atoms with van der Waals surface area (Å²) in [5.41, 5.74) is 3.30. The quantitative estimate of drug-likeness (QED) is 0.346. The van der Waals surface area contributed by atoms with Crippen molar-refractivity contribution in [1.82, 2.24) is 24.6 Å². The molecule has 4 aromatic rings. The number of nitriles is 1. The second kappa shape index (κ2) is 13.6. The fourth-order valence-corrected chi connectivity index (χ4v) is 4.47. The van der Waals surface area contributed by atoms with Crippen LogP contribution in [0.4, 0.5) is 0 Å². The van der Waals surface area contributed by atoms with Gasteiger partial charge in [0, 0.05) is 17.2 Å². The van der Waals surface area contributed by atoms with E-state index in [-0.39, 0.29) is 30.0 Å². The highest BCUT2D eigenvalue weighted by atomic mass is 35.5. The minimum absolute atomic E-state index is 0. The first-order valence-corrected chi connectivity index (χ1v) is 12.4. The zero-order valence-corrected chi connectivity index (χ0v) is 22.5. The number of benzene rings is 2. The number of piperidine rings is 1. The summed E-state index contributed by atoms with van der Waals surface area (Å²) in [6, 6.07) is 20.3. The predicted molar refractivity (Wildman–Crippen MR) is 152 cm³/mol. The van der Waals surface area contributed by atoms with Crippen LogP contribution in [0.15, 0.2) is 77.9 Å². The summed E-state index contributed by atoms with van der Waals surface area (Å²) < 4.78 is 7.35. The highest BCUT2D eigenvalue weighted by Crippen LogP contribution is 2.22. The standard InChI is InChI=1S/C29H28N6O2.ClH.H2O/c1-34-13-11-21(12-14-34)20-37-25-17-31-29(32-18-25)23-7-4-5-22(15-23)19-35-28(36)10-9-27(33-35)26-8-3-2-6-24(26)16-30;;/h2-10,15,17-18,21H,11-14,19-20H2,1H3;1H;1H2. The van der Waals surface area contributed by atoms with Gasteiger partial charge in [-0.1, -0.05) is 36.4 Å². The number of rotatable bonds is 7. The molecule has 0 unspecified atom stereocenters. The number of aromatic nitrogens is 4. The lowest BCUT2D eigenvalue weighted by molar-refractivity contribution is 0.159. The number of likely N-dealkylation sites (tertiary alicyclic amines) is 1. The molecule has 0 radical (unpaired) electrons. The van der Waals surface area contributed by atoms with Crippen LogP contribution in [0.5, 0.6) is 5.75 Å². The monoisotopic (exact) mass is 546 g/mol. The molecule has 2 aromatic carbocycles. The van der Waals surface area contributed by atoms with Crippen LogP contribution in [0.1, 0.15) is 24.0 Å². The lowest BCUT2D eigenvalue weighted by atomic mass is 9.98. The van der Waals surface area contributed by atoms with Crippen molar-refractivity contribution in [2.75, 3.05) is 26.7 Å². The van der Waals surface area contributed by atoms with E-state index in [0.717, 1.165) is 37.1 Å². The van der Waals surface area contributed by atoms with Crippen LogP contribution in [-0.4, -0.2) is 56.9 Å². The Bertz CT molecular complexity index is 1480. The van der Waals surface area contributed by atoms with Gasteiger partial charge in [0.2, 0.25) is 0 Å². The van der Waals surface area contributed by atoms with E-state index in [2.05, 4.69) is 33.1 Å². The van der Waals surface area contributed by atoms with E-state index in [9.17, 15) is 10.1 Å². The Morgan fingerprint density at radius 2 is 1.77 bits per heavy atom. The van der Waals surface area contributed by atoms with E-state index in [1.807, 2.05) is 36.4 Å². The van der Waals surface area contributed by atoms with Crippen LogP contribution < -0.4 is 10.3 Å². The van der Waals surface area contributed by atoms with Crippen molar-refractivity contribution in [3.8, 4) is 34.5 Å². The van der Waals surface area contributed by atoms with Crippen molar-refractivity contribution >= 4 is 12.4 Å². The third-order valence-electron chi connectivity index (χ3n) is 6.66. The first-order chi connectivity index (χ1) is 18.1. The second-order valence-corrected chi connectivity index (χ2v) is 9.37. The van der Waals surface area contributed by atoms with Gasteiger partial charge in [-0.05, 0) is 62.7 Å². The topological polar surface area (TPSA) is 128 Å². The summed E-state index contributed by atoms with van der Waals surface area (Å²) >= 11 is 0. The predicted octanol–water partition coefficient (Wildman–Crippen LogP) is 3.60. The Hall–Kier alpha value is -4.10. The largest absolute Gasteiger partial charge is 0.490 e. The lowest BCUT2D eigenvalue weighted by Crippen LogP contribution is -2.32. The van der Waals surface area contributed by atoms with Gasteiger partial charge in [-0.25, -0.2) is 14.6 Å². The Morgan fingerprint density at radius 1 is 1.03 bits per heavy atom. The molecule has 2 aromatic heterocycles.